The number of fused-ring (bicyclic) bond motifs is 2. The van der Waals surface area contributed by atoms with Gasteiger partial charge in [-0.25, -0.2) is 17.7 Å². The topological polar surface area (TPSA) is 0 Å². The number of rotatable bonds is 0. The molecule has 0 saturated heterocycles. The molecule has 0 bridgehead atoms. The van der Waals surface area contributed by atoms with Gasteiger partial charge in [-0.3, -0.25) is 6.08 Å². The standard InChI is InChI=1S/C17H17.C5H5.7CH3.Hf/c1-17(2,3)16-9-8-14-10-12-6-4-5-7-13(12)11-15(14)16;1-2-4-5-3-1;;;;;;;;/h4-7,10-11H,8H2,1-3H3;1-5H;7*1H3;/q9*-1;. The minimum absolute atomic E-state index is 0. The van der Waals surface area contributed by atoms with E-state index in [0.29, 0.717) is 0 Å². The van der Waals surface area contributed by atoms with Crippen molar-refractivity contribution in [2.24, 2.45) is 5.41 Å². The molecule has 1 heteroatoms. The zero-order valence-corrected chi connectivity index (χ0v) is 24.7. The molecule has 172 valence electrons. The van der Waals surface area contributed by atoms with E-state index in [1.165, 1.54) is 27.5 Å². The second-order valence-electron chi connectivity index (χ2n) is 6.80. The van der Waals surface area contributed by atoms with E-state index < -0.39 is 0 Å². The van der Waals surface area contributed by atoms with Crippen LogP contribution in [-0.2, 0) is 32.3 Å². The van der Waals surface area contributed by atoms with Gasteiger partial charge >= 0.3 is 0 Å². The van der Waals surface area contributed by atoms with Gasteiger partial charge in [-0.1, -0.05) is 51.1 Å². The van der Waals surface area contributed by atoms with Crippen molar-refractivity contribution in [2.75, 3.05) is 0 Å². The average molecular weight is 570 g/mol. The van der Waals surface area contributed by atoms with Gasteiger partial charge in [0.25, 0.3) is 0 Å². The first kappa shape index (κ1) is 42.7. The molecule has 0 aliphatic heterocycles. The maximum Gasteiger partial charge on any atom is 0 e. The van der Waals surface area contributed by atoms with Gasteiger partial charge in [-0.05, 0) is 16.2 Å². The van der Waals surface area contributed by atoms with E-state index in [9.17, 15) is 0 Å². The molecule has 0 amide bonds. The van der Waals surface area contributed by atoms with Crippen LogP contribution < -0.4 is 0 Å². The van der Waals surface area contributed by atoms with Crippen LogP contribution in [0.4, 0.5) is 0 Å². The maximum absolute atomic E-state index is 3.55. The zero-order chi connectivity index (χ0) is 15.6. The molecule has 0 unspecified atom stereocenters. The van der Waals surface area contributed by atoms with E-state index in [-0.39, 0.29) is 83.2 Å². The van der Waals surface area contributed by atoms with E-state index in [1.54, 1.807) is 0 Å². The summed E-state index contributed by atoms with van der Waals surface area (Å²) in [6, 6.07) is 23.2. The molecule has 0 saturated carbocycles. The van der Waals surface area contributed by atoms with Gasteiger partial charge < -0.3 is 52.0 Å². The first-order valence-corrected chi connectivity index (χ1v) is 7.86. The minimum atomic E-state index is 0. The van der Waals surface area contributed by atoms with Crippen LogP contribution in [-0.4, -0.2) is 0 Å². The summed E-state index contributed by atoms with van der Waals surface area (Å²) in [6.07, 6.45) is 4.52. The van der Waals surface area contributed by atoms with Crippen molar-refractivity contribution >= 4 is 16.3 Å². The fraction of sp³-hybridized carbons (Fsp3) is 0.172. The molecule has 0 nitrogen and oxygen atoms in total. The molecule has 4 rings (SSSR count). The summed E-state index contributed by atoms with van der Waals surface area (Å²) in [5.74, 6) is 0. The molecule has 1 aliphatic carbocycles. The molecule has 3 aromatic rings. The average Bonchev–Trinajstić information content (AvgIpc) is 3.16. The fourth-order valence-corrected chi connectivity index (χ4v) is 2.94. The van der Waals surface area contributed by atoms with Crippen LogP contribution in [0, 0.1) is 63.5 Å². The summed E-state index contributed by atoms with van der Waals surface area (Å²) in [7, 11) is 0. The van der Waals surface area contributed by atoms with Crippen molar-refractivity contribution in [3.8, 4) is 0 Å². The zero-order valence-electron chi connectivity index (χ0n) is 21.1. The van der Waals surface area contributed by atoms with Crippen LogP contribution in [0.1, 0.15) is 31.9 Å². The first-order chi connectivity index (χ1) is 10.6. The van der Waals surface area contributed by atoms with E-state index in [1.807, 2.05) is 30.3 Å². The SMILES string of the molecule is CC(C)(C)C1=[C-]Cc2cc3ccccc3cc21.[CH3-].[CH3-].[CH3-].[CH3-].[CH3-].[CH3-].[CH3-].[Hf].c1cc[cH-]c1. The van der Waals surface area contributed by atoms with Gasteiger partial charge in [0.2, 0.25) is 0 Å². The first-order valence-electron chi connectivity index (χ1n) is 7.86. The second kappa shape index (κ2) is 18.4. The molecular formula is C29H43Hf-9. The third kappa shape index (κ3) is 10.1. The number of hydrogen-bond donors (Lipinski definition) is 0. The fourth-order valence-electron chi connectivity index (χ4n) is 2.94. The molecule has 1 aliphatic rings. The normalized spacial score (nSPS) is 9.77. The summed E-state index contributed by atoms with van der Waals surface area (Å²) < 4.78 is 0. The van der Waals surface area contributed by atoms with Gasteiger partial charge in [-0.15, -0.1) is 18.1 Å². The molecule has 0 spiro atoms. The molecular weight excluding hydrogens is 527 g/mol. The molecule has 0 radical (unpaired) electrons. The molecule has 0 aromatic heterocycles. The molecule has 0 atom stereocenters. The van der Waals surface area contributed by atoms with E-state index in [4.69, 9.17) is 0 Å². The Hall–Kier alpha value is -1.34. The predicted molar refractivity (Wildman–Crippen MR) is 141 cm³/mol. The molecule has 0 fully saturated rings. The van der Waals surface area contributed by atoms with Crippen molar-refractivity contribution in [1.29, 1.82) is 0 Å². The number of allylic oxidation sites excluding steroid dienone is 2. The number of benzene rings is 2. The molecule has 30 heavy (non-hydrogen) atoms. The summed E-state index contributed by atoms with van der Waals surface area (Å²) >= 11 is 0. The van der Waals surface area contributed by atoms with Crippen molar-refractivity contribution in [2.45, 2.75) is 27.2 Å². The van der Waals surface area contributed by atoms with Crippen LogP contribution in [0.15, 0.2) is 66.7 Å². The maximum atomic E-state index is 3.55. The van der Waals surface area contributed by atoms with Crippen LogP contribution in [0.25, 0.3) is 16.3 Å². The van der Waals surface area contributed by atoms with Crippen molar-refractivity contribution < 1.29 is 25.8 Å². The Balaban J connectivity index is -0.0000000997. The van der Waals surface area contributed by atoms with Crippen molar-refractivity contribution in [3.63, 3.8) is 0 Å². The Morgan fingerprint density at radius 1 is 0.733 bits per heavy atom. The number of hydrogen-bond acceptors (Lipinski definition) is 0. The van der Waals surface area contributed by atoms with E-state index >= 15 is 0 Å². The Kier molecular flexibility index (Phi) is 26.2. The Labute approximate surface area is 210 Å². The quantitative estimate of drug-likeness (QED) is 0.187. The van der Waals surface area contributed by atoms with Crippen LogP contribution in [0.5, 0.6) is 0 Å². The van der Waals surface area contributed by atoms with Crippen LogP contribution >= 0.6 is 0 Å². The van der Waals surface area contributed by atoms with Gasteiger partial charge in [0, 0.05) is 25.8 Å². The molecule has 0 heterocycles. The molecule has 0 N–H and O–H groups in total. The van der Waals surface area contributed by atoms with Gasteiger partial charge in [0.1, 0.15) is 0 Å². The van der Waals surface area contributed by atoms with E-state index in [0.717, 1.165) is 6.42 Å². The third-order valence-electron chi connectivity index (χ3n) is 4.00. The molecule has 3 aromatic carbocycles. The largest absolute Gasteiger partial charge is 0.358 e. The summed E-state index contributed by atoms with van der Waals surface area (Å²) in [5, 5.41) is 2.67. The second-order valence-corrected chi connectivity index (χ2v) is 6.80. The smallest absolute Gasteiger partial charge is 0 e. The van der Waals surface area contributed by atoms with E-state index in [2.05, 4.69) is 63.2 Å². The Bertz CT molecular complexity index is 770. The third-order valence-corrected chi connectivity index (χ3v) is 4.00. The van der Waals surface area contributed by atoms with Crippen LogP contribution in [0.2, 0.25) is 0 Å². The van der Waals surface area contributed by atoms with Gasteiger partial charge in [-0.2, -0.15) is 23.8 Å². The summed E-state index contributed by atoms with van der Waals surface area (Å²) in [5.41, 5.74) is 4.39. The monoisotopic (exact) mass is 571 g/mol. The Morgan fingerprint density at radius 3 is 1.60 bits per heavy atom. The minimum Gasteiger partial charge on any atom is -0.358 e. The van der Waals surface area contributed by atoms with Crippen molar-refractivity contribution in [1.82, 2.24) is 0 Å². The summed E-state index contributed by atoms with van der Waals surface area (Å²) in [6.45, 7) is 6.79. The Morgan fingerprint density at radius 2 is 1.20 bits per heavy atom. The van der Waals surface area contributed by atoms with Gasteiger partial charge in [0.05, 0.1) is 0 Å². The van der Waals surface area contributed by atoms with Crippen LogP contribution in [0.3, 0.4) is 0 Å². The predicted octanol–water partition coefficient (Wildman–Crippen LogP) is 9.18. The summed E-state index contributed by atoms with van der Waals surface area (Å²) in [4.78, 5) is 0. The van der Waals surface area contributed by atoms with Crippen molar-refractivity contribution in [3.05, 3.63) is 136 Å². The van der Waals surface area contributed by atoms with Gasteiger partial charge in [0.15, 0.2) is 0 Å².